The third-order valence-corrected chi connectivity index (χ3v) is 7.56. The van der Waals surface area contributed by atoms with E-state index in [9.17, 15) is 24.4 Å². The lowest BCUT2D eigenvalue weighted by molar-refractivity contribution is -0.237. The molecule has 5 atom stereocenters. The molecule has 12 nitrogen and oxygen atoms in total. The van der Waals surface area contributed by atoms with Crippen molar-refractivity contribution in [2.45, 2.75) is 81.8 Å². The fourth-order valence-electron chi connectivity index (χ4n) is 4.97. The average Bonchev–Trinajstić information content (AvgIpc) is 3.38. The first-order valence-corrected chi connectivity index (χ1v) is 13.8. The Kier molecular flexibility index (Phi) is 9.57. The summed E-state index contributed by atoms with van der Waals surface area (Å²) in [7, 11) is 0. The van der Waals surface area contributed by atoms with E-state index >= 15 is 0 Å². The molecule has 41 heavy (non-hydrogen) atoms. The minimum absolute atomic E-state index is 0.288. The van der Waals surface area contributed by atoms with Crippen molar-refractivity contribution in [1.82, 2.24) is 9.97 Å². The quantitative estimate of drug-likeness (QED) is 0.329. The molecular formula is C28H29N3O9S. The van der Waals surface area contributed by atoms with Gasteiger partial charge in [0.1, 0.15) is 23.8 Å². The summed E-state index contributed by atoms with van der Waals surface area (Å²) in [6.45, 7) is 4.34. The molecule has 1 fully saturated rings. The molecule has 0 unspecified atom stereocenters. The van der Waals surface area contributed by atoms with Gasteiger partial charge in [-0.1, -0.05) is 17.8 Å². The Morgan fingerprint density at radius 3 is 2.29 bits per heavy atom. The first kappa shape index (κ1) is 30.0. The molecule has 4 rings (SSSR count). The fourth-order valence-corrected chi connectivity index (χ4v) is 6.16. The number of carbonyl (C=O) groups is 4. The second kappa shape index (κ2) is 13.1. The van der Waals surface area contributed by atoms with Crippen LogP contribution in [-0.2, 0) is 55.7 Å². The van der Waals surface area contributed by atoms with Gasteiger partial charge in [-0.2, -0.15) is 5.26 Å². The highest BCUT2D eigenvalue weighted by atomic mass is 32.2. The molecule has 0 saturated carbocycles. The number of hydrogen-bond donors (Lipinski definition) is 0. The van der Waals surface area contributed by atoms with Crippen molar-refractivity contribution >= 4 is 35.6 Å². The van der Waals surface area contributed by atoms with E-state index in [4.69, 9.17) is 28.7 Å². The van der Waals surface area contributed by atoms with E-state index in [2.05, 4.69) is 11.1 Å². The number of esters is 4. The topological polar surface area (TPSA) is 164 Å². The maximum absolute atomic E-state index is 12.2. The van der Waals surface area contributed by atoms with Crippen LogP contribution in [0.15, 0.2) is 29.6 Å². The third kappa shape index (κ3) is 7.01. The lowest BCUT2D eigenvalue weighted by Gasteiger charge is -2.44. The zero-order chi connectivity index (χ0) is 29.7. The summed E-state index contributed by atoms with van der Waals surface area (Å²) in [6, 6.07) is 5.92. The van der Waals surface area contributed by atoms with Crippen molar-refractivity contribution in [3.05, 3.63) is 41.3 Å². The van der Waals surface area contributed by atoms with E-state index in [1.807, 2.05) is 6.07 Å². The first-order valence-electron chi connectivity index (χ1n) is 12.9. The monoisotopic (exact) mass is 583 g/mol. The number of carbonyl (C=O) groups excluding carboxylic acids is 4. The zero-order valence-electron chi connectivity index (χ0n) is 22.9. The number of rotatable bonds is 8. The maximum Gasteiger partial charge on any atom is 0.303 e. The van der Waals surface area contributed by atoms with Crippen molar-refractivity contribution in [1.29, 1.82) is 5.26 Å². The van der Waals surface area contributed by atoms with Gasteiger partial charge in [0.15, 0.2) is 23.7 Å². The number of aryl methyl sites for hydroxylation is 1. The molecule has 0 bridgehead atoms. The first-order chi connectivity index (χ1) is 19.6. The van der Waals surface area contributed by atoms with Crippen molar-refractivity contribution in [3.63, 3.8) is 0 Å². The van der Waals surface area contributed by atoms with Crippen LogP contribution < -0.4 is 0 Å². The molecule has 216 valence electrons. The van der Waals surface area contributed by atoms with Gasteiger partial charge < -0.3 is 23.7 Å². The van der Waals surface area contributed by atoms with Gasteiger partial charge in [-0.05, 0) is 30.9 Å². The molecule has 3 heterocycles. The third-order valence-electron chi connectivity index (χ3n) is 6.43. The minimum Gasteiger partial charge on any atom is -0.463 e. The summed E-state index contributed by atoms with van der Waals surface area (Å²) in [5.74, 6) is -2.77. The van der Waals surface area contributed by atoms with E-state index < -0.39 is 53.7 Å². The summed E-state index contributed by atoms with van der Waals surface area (Å²) in [5.41, 5.74) is 2.47. The van der Waals surface area contributed by atoms with Crippen LogP contribution in [0.25, 0.3) is 11.1 Å². The number of hydrogen-bond acceptors (Lipinski definition) is 13. The standard InChI is InChI=1S/C28H29N3O9S/c1-14(32)36-13-22-24(37-15(2)33)25(38-16(3)34)26(39-17(4)35)28(40-22)41-27-20(11-29)23(18-7-6-10-30-12-18)19-8-5-9-21(19)31-27/h6-7,10,12,22,24-26,28H,5,8-9,13H2,1-4H3/t22-,24-,25+,26-,28+/m1/s1. The molecule has 2 aromatic heterocycles. The summed E-state index contributed by atoms with van der Waals surface area (Å²) >= 11 is 1.00. The molecule has 2 aromatic rings. The van der Waals surface area contributed by atoms with Gasteiger partial charge in [0, 0.05) is 56.9 Å². The normalized spacial score (nSPS) is 23.0. The predicted molar refractivity (Wildman–Crippen MR) is 142 cm³/mol. The molecule has 2 aliphatic rings. The Bertz CT molecular complexity index is 1380. The second-order valence-electron chi connectivity index (χ2n) is 9.48. The Morgan fingerprint density at radius 2 is 1.68 bits per heavy atom. The Hall–Kier alpha value is -4.02. The Morgan fingerprint density at radius 1 is 1.00 bits per heavy atom. The van der Waals surface area contributed by atoms with E-state index in [0.717, 1.165) is 60.8 Å². The molecule has 1 aliphatic carbocycles. The average molecular weight is 584 g/mol. The van der Waals surface area contributed by atoms with Crippen molar-refractivity contribution in [2.75, 3.05) is 6.61 Å². The van der Waals surface area contributed by atoms with Crippen molar-refractivity contribution in [2.24, 2.45) is 0 Å². The number of aromatic nitrogens is 2. The molecule has 0 radical (unpaired) electrons. The lowest BCUT2D eigenvalue weighted by atomic mass is 9.97. The number of nitrogens with zero attached hydrogens (tertiary/aromatic N) is 3. The van der Waals surface area contributed by atoms with Gasteiger partial charge in [-0.25, -0.2) is 4.98 Å². The highest BCUT2D eigenvalue weighted by molar-refractivity contribution is 7.99. The molecule has 1 aliphatic heterocycles. The molecule has 0 aromatic carbocycles. The number of fused-ring (bicyclic) bond motifs is 1. The fraction of sp³-hybridized carbons (Fsp3) is 0.464. The van der Waals surface area contributed by atoms with Crippen LogP contribution in [0, 0.1) is 11.3 Å². The molecule has 0 N–H and O–H groups in total. The molecular weight excluding hydrogens is 554 g/mol. The molecule has 0 amide bonds. The highest BCUT2D eigenvalue weighted by Crippen LogP contribution is 2.42. The smallest absolute Gasteiger partial charge is 0.303 e. The number of thioether (sulfide) groups is 1. The second-order valence-corrected chi connectivity index (χ2v) is 10.6. The van der Waals surface area contributed by atoms with Crippen LogP contribution >= 0.6 is 11.8 Å². The lowest BCUT2D eigenvalue weighted by Crippen LogP contribution is -2.61. The summed E-state index contributed by atoms with van der Waals surface area (Å²) < 4.78 is 27.9. The Labute approximate surface area is 240 Å². The van der Waals surface area contributed by atoms with Gasteiger partial charge in [0.2, 0.25) is 0 Å². The zero-order valence-corrected chi connectivity index (χ0v) is 23.8. The van der Waals surface area contributed by atoms with Crippen LogP contribution in [0.2, 0.25) is 0 Å². The summed E-state index contributed by atoms with van der Waals surface area (Å²) in [4.78, 5) is 57.0. The van der Waals surface area contributed by atoms with Crippen LogP contribution in [0.5, 0.6) is 0 Å². The Balaban J connectivity index is 1.82. The van der Waals surface area contributed by atoms with E-state index in [1.165, 1.54) is 13.8 Å². The predicted octanol–water partition coefficient (Wildman–Crippen LogP) is 2.68. The van der Waals surface area contributed by atoms with Crippen LogP contribution in [0.4, 0.5) is 0 Å². The molecule has 13 heteroatoms. The van der Waals surface area contributed by atoms with Gasteiger partial charge in [0.25, 0.3) is 0 Å². The van der Waals surface area contributed by atoms with Gasteiger partial charge in [0.05, 0.1) is 5.56 Å². The van der Waals surface area contributed by atoms with Crippen LogP contribution in [0.1, 0.15) is 50.9 Å². The number of ether oxygens (including phenoxy) is 5. The number of pyridine rings is 2. The van der Waals surface area contributed by atoms with Gasteiger partial charge in [-0.3, -0.25) is 24.2 Å². The SMILES string of the molecule is CC(=O)OC[C@H]1O[C@@H](Sc2nc3c(c(-c4cccnc4)c2C#N)CCC3)[C@H](OC(C)=O)[C@@H](OC(C)=O)[C@@H]1OC(C)=O. The van der Waals surface area contributed by atoms with Crippen molar-refractivity contribution < 1.29 is 42.9 Å². The highest BCUT2D eigenvalue weighted by Gasteiger charge is 2.53. The van der Waals surface area contributed by atoms with Gasteiger partial charge in [-0.15, -0.1) is 0 Å². The van der Waals surface area contributed by atoms with Gasteiger partial charge >= 0.3 is 23.9 Å². The van der Waals surface area contributed by atoms with Crippen LogP contribution in [-0.4, -0.2) is 70.3 Å². The van der Waals surface area contributed by atoms with E-state index in [0.29, 0.717) is 11.4 Å². The number of nitriles is 1. The van der Waals surface area contributed by atoms with E-state index in [-0.39, 0.29) is 12.2 Å². The molecule has 1 saturated heterocycles. The van der Waals surface area contributed by atoms with Crippen LogP contribution in [0.3, 0.4) is 0 Å². The minimum atomic E-state index is -1.31. The summed E-state index contributed by atoms with van der Waals surface area (Å²) in [5, 5.41) is 10.6. The van der Waals surface area contributed by atoms with E-state index in [1.54, 1.807) is 18.5 Å². The summed E-state index contributed by atoms with van der Waals surface area (Å²) in [6.07, 6.45) is 0.689. The largest absolute Gasteiger partial charge is 0.463 e. The van der Waals surface area contributed by atoms with Crippen molar-refractivity contribution in [3.8, 4) is 17.2 Å². The molecule has 0 spiro atoms. The maximum atomic E-state index is 12.2.